The lowest BCUT2D eigenvalue weighted by molar-refractivity contribution is 0.445. The highest BCUT2D eigenvalue weighted by atomic mass is 32.1. The van der Waals surface area contributed by atoms with Crippen LogP contribution in [0.2, 0.25) is 0 Å². The van der Waals surface area contributed by atoms with Crippen molar-refractivity contribution in [2.75, 3.05) is 18.0 Å². The van der Waals surface area contributed by atoms with Gasteiger partial charge in [-0.3, -0.25) is 0 Å². The summed E-state index contributed by atoms with van der Waals surface area (Å²) in [5.41, 5.74) is 1.56. The van der Waals surface area contributed by atoms with E-state index in [0.29, 0.717) is 0 Å². The quantitative estimate of drug-likeness (QED) is 0.840. The van der Waals surface area contributed by atoms with Crippen LogP contribution in [-0.2, 0) is 19.3 Å². The summed E-state index contributed by atoms with van der Waals surface area (Å²) >= 11 is 1.92. The Labute approximate surface area is 130 Å². The molecule has 3 heterocycles. The molecule has 0 saturated carbocycles. The smallest absolute Gasteiger partial charge is 0.141 e. The first-order valence-electron chi connectivity index (χ1n) is 8.32. The average molecular weight is 301 g/mol. The third-order valence-electron chi connectivity index (χ3n) is 4.86. The van der Waals surface area contributed by atoms with Crippen molar-refractivity contribution in [3.8, 4) is 0 Å². The molecule has 1 atom stereocenters. The maximum atomic E-state index is 4.95. The number of piperidine rings is 1. The topological polar surface area (TPSA) is 29.0 Å². The first-order chi connectivity index (χ1) is 10.3. The van der Waals surface area contributed by atoms with Crippen LogP contribution in [0.25, 0.3) is 10.2 Å². The molecule has 3 nitrogen and oxygen atoms in total. The Hall–Kier alpha value is -1.16. The third kappa shape index (κ3) is 2.24. The zero-order chi connectivity index (χ0) is 14.4. The summed E-state index contributed by atoms with van der Waals surface area (Å²) < 4.78 is 0. The van der Waals surface area contributed by atoms with Gasteiger partial charge in [0.25, 0.3) is 0 Å². The summed E-state index contributed by atoms with van der Waals surface area (Å²) in [6, 6.07) is 0. The van der Waals surface area contributed by atoms with Crippen LogP contribution < -0.4 is 4.90 Å². The minimum absolute atomic E-state index is 0.778. The van der Waals surface area contributed by atoms with Crippen molar-refractivity contribution in [2.24, 2.45) is 5.92 Å². The predicted octanol–water partition coefficient (Wildman–Crippen LogP) is 3.98. The summed E-state index contributed by atoms with van der Waals surface area (Å²) in [7, 11) is 0. The Balaban J connectivity index is 1.88. The molecule has 1 fully saturated rings. The van der Waals surface area contributed by atoms with Crippen molar-refractivity contribution in [2.45, 2.75) is 52.4 Å². The summed E-state index contributed by atoms with van der Waals surface area (Å²) in [5, 5.41) is 1.39. The molecule has 0 amide bonds. The molecule has 4 rings (SSSR count). The molecule has 1 unspecified atom stereocenters. The van der Waals surface area contributed by atoms with Gasteiger partial charge in [0, 0.05) is 24.4 Å². The SMILES string of the molecule is CCc1nc(N2CCCC(C)C2)c2c3c(sc2n1)CCC3. The van der Waals surface area contributed by atoms with Crippen molar-refractivity contribution in [3.63, 3.8) is 0 Å². The second-order valence-electron chi connectivity index (χ2n) is 6.55. The van der Waals surface area contributed by atoms with Crippen LogP contribution in [0.3, 0.4) is 0 Å². The van der Waals surface area contributed by atoms with Gasteiger partial charge in [0.2, 0.25) is 0 Å². The van der Waals surface area contributed by atoms with E-state index in [4.69, 9.17) is 9.97 Å². The number of anilines is 1. The van der Waals surface area contributed by atoms with Crippen molar-refractivity contribution in [1.82, 2.24) is 9.97 Å². The first-order valence-corrected chi connectivity index (χ1v) is 9.14. The average Bonchev–Trinajstić information content (AvgIpc) is 3.06. The fraction of sp³-hybridized carbons (Fsp3) is 0.647. The minimum atomic E-state index is 0.778. The number of hydrogen-bond acceptors (Lipinski definition) is 4. The summed E-state index contributed by atoms with van der Waals surface area (Å²) in [4.78, 5) is 15.1. The first kappa shape index (κ1) is 13.5. The van der Waals surface area contributed by atoms with Crippen molar-refractivity contribution in [1.29, 1.82) is 0 Å². The third-order valence-corrected chi connectivity index (χ3v) is 6.05. The highest BCUT2D eigenvalue weighted by Gasteiger charge is 2.26. The van der Waals surface area contributed by atoms with Gasteiger partial charge in [-0.15, -0.1) is 11.3 Å². The molecule has 21 heavy (non-hydrogen) atoms. The molecule has 0 spiro atoms. The van der Waals surface area contributed by atoms with E-state index in [-0.39, 0.29) is 0 Å². The van der Waals surface area contributed by atoms with Gasteiger partial charge in [-0.25, -0.2) is 9.97 Å². The van der Waals surface area contributed by atoms with Crippen LogP contribution >= 0.6 is 11.3 Å². The lowest BCUT2D eigenvalue weighted by atomic mass is 10.00. The molecule has 1 saturated heterocycles. The lowest BCUT2D eigenvalue weighted by Crippen LogP contribution is -2.35. The molecule has 2 aromatic heterocycles. The Morgan fingerprint density at radius 1 is 1.24 bits per heavy atom. The maximum Gasteiger partial charge on any atom is 0.141 e. The Morgan fingerprint density at radius 3 is 2.95 bits per heavy atom. The number of aryl methyl sites for hydroxylation is 3. The Morgan fingerprint density at radius 2 is 2.14 bits per heavy atom. The molecule has 1 aliphatic carbocycles. The zero-order valence-electron chi connectivity index (χ0n) is 13.0. The maximum absolute atomic E-state index is 4.95. The van der Waals surface area contributed by atoms with Crippen molar-refractivity contribution >= 4 is 27.4 Å². The summed E-state index contributed by atoms with van der Waals surface area (Å²) in [5.74, 6) is 3.03. The number of aromatic nitrogens is 2. The van der Waals surface area contributed by atoms with Gasteiger partial charge in [-0.2, -0.15) is 0 Å². The highest BCUT2D eigenvalue weighted by Crippen LogP contribution is 2.41. The van der Waals surface area contributed by atoms with E-state index in [0.717, 1.165) is 31.3 Å². The fourth-order valence-electron chi connectivity index (χ4n) is 3.79. The number of thiophene rings is 1. The molecule has 0 bridgehead atoms. The predicted molar refractivity (Wildman–Crippen MR) is 89.4 cm³/mol. The number of rotatable bonds is 2. The number of nitrogens with zero attached hydrogens (tertiary/aromatic N) is 3. The van der Waals surface area contributed by atoms with Gasteiger partial charge in [-0.05, 0) is 43.6 Å². The second-order valence-corrected chi connectivity index (χ2v) is 7.63. The monoisotopic (exact) mass is 301 g/mol. The molecule has 2 aromatic rings. The van der Waals surface area contributed by atoms with E-state index in [9.17, 15) is 0 Å². The lowest BCUT2D eigenvalue weighted by Gasteiger charge is -2.32. The van der Waals surface area contributed by atoms with Crippen LogP contribution in [0.1, 0.15) is 49.4 Å². The van der Waals surface area contributed by atoms with E-state index < -0.39 is 0 Å². The van der Waals surface area contributed by atoms with Gasteiger partial charge < -0.3 is 4.90 Å². The largest absolute Gasteiger partial charge is 0.356 e. The molecule has 2 aliphatic rings. The molecule has 4 heteroatoms. The molecular weight excluding hydrogens is 278 g/mol. The van der Waals surface area contributed by atoms with Crippen LogP contribution in [-0.4, -0.2) is 23.1 Å². The molecule has 0 radical (unpaired) electrons. The number of fused-ring (bicyclic) bond motifs is 3. The molecule has 0 aromatic carbocycles. The van der Waals surface area contributed by atoms with Gasteiger partial charge in [0.05, 0.1) is 5.39 Å². The van der Waals surface area contributed by atoms with Crippen LogP contribution in [0.15, 0.2) is 0 Å². The zero-order valence-corrected chi connectivity index (χ0v) is 13.8. The molecule has 0 N–H and O–H groups in total. The van der Waals surface area contributed by atoms with E-state index in [2.05, 4.69) is 18.7 Å². The molecule has 112 valence electrons. The van der Waals surface area contributed by atoms with E-state index in [1.807, 2.05) is 11.3 Å². The highest BCUT2D eigenvalue weighted by molar-refractivity contribution is 7.19. The summed E-state index contributed by atoms with van der Waals surface area (Å²) in [6.07, 6.45) is 7.35. The standard InChI is InChI=1S/C17H23N3S/c1-3-14-18-16(20-9-5-6-11(2)10-20)15-12-7-4-8-13(12)21-17(15)19-14/h11H,3-10H2,1-2H3. The minimum Gasteiger partial charge on any atom is -0.356 e. The van der Waals surface area contributed by atoms with E-state index in [1.165, 1.54) is 48.1 Å². The van der Waals surface area contributed by atoms with Crippen molar-refractivity contribution in [3.05, 3.63) is 16.3 Å². The van der Waals surface area contributed by atoms with Gasteiger partial charge in [0.15, 0.2) is 0 Å². The van der Waals surface area contributed by atoms with E-state index in [1.54, 1.807) is 10.4 Å². The van der Waals surface area contributed by atoms with Gasteiger partial charge in [-0.1, -0.05) is 13.8 Å². The molecule has 1 aliphatic heterocycles. The summed E-state index contributed by atoms with van der Waals surface area (Å²) in [6.45, 7) is 6.83. The number of hydrogen-bond donors (Lipinski definition) is 0. The second kappa shape index (κ2) is 5.24. The van der Waals surface area contributed by atoms with Gasteiger partial charge in [0.1, 0.15) is 16.5 Å². The van der Waals surface area contributed by atoms with Gasteiger partial charge >= 0.3 is 0 Å². The van der Waals surface area contributed by atoms with Crippen LogP contribution in [0.5, 0.6) is 0 Å². The van der Waals surface area contributed by atoms with Crippen LogP contribution in [0.4, 0.5) is 5.82 Å². The Kier molecular flexibility index (Phi) is 3.37. The van der Waals surface area contributed by atoms with E-state index >= 15 is 0 Å². The molecular formula is C17H23N3S. The Bertz CT molecular complexity index is 676. The van der Waals surface area contributed by atoms with Crippen molar-refractivity contribution < 1.29 is 0 Å². The normalized spacial score (nSPS) is 22.0. The van der Waals surface area contributed by atoms with Crippen LogP contribution in [0, 0.1) is 5.92 Å². The fourth-order valence-corrected chi connectivity index (χ4v) is 5.06.